The normalized spacial score (nSPS) is 15.2. The Hall–Kier alpha value is -2.76. The SMILES string of the molecule is CCc1ccc(N)c(OCN2CCC(c3ccc(NC)c4c(COC)cccc34)CC2)c1. The van der Waals surface area contributed by atoms with Gasteiger partial charge in [0.05, 0.1) is 12.3 Å². The number of fused-ring (bicyclic) bond motifs is 1. The predicted octanol–water partition coefficient (Wildman–Crippen LogP) is 5.39. The Labute approximate surface area is 191 Å². The average Bonchev–Trinajstić information content (AvgIpc) is 2.83. The fourth-order valence-electron chi connectivity index (χ4n) is 4.80. The second kappa shape index (κ2) is 10.2. The molecule has 1 heterocycles. The number of rotatable bonds is 8. The van der Waals surface area contributed by atoms with Crippen molar-refractivity contribution in [2.24, 2.45) is 0 Å². The molecule has 0 aromatic heterocycles. The van der Waals surface area contributed by atoms with Gasteiger partial charge in [-0.25, -0.2) is 0 Å². The van der Waals surface area contributed by atoms with Gasteiger partial charge in [0.25, 0.3) is 0 Å². The predicted molar refractivity (Wildman–Crippen MR) is 133 cm³/mol. The fourth-order valence-corrected chi connectivity index (χ4v) is 4.80. The van der Waals surface area contributed by atoms with Crippen LogP contribution in [-0.2, 0) is 17.8 Å². The van der Waals surface area contributed by atoms with Crippen molar-refractivity contribution in [3.8, 4) is 5.75 Å². The Morgan fingerprint density at radius 3 is 2.62 bits per heavy atom. The van der Waals surface area contributed by atoms with E-state index in [1.54, 1.807) is 7.11 Å². The van der Waals surface area contributed by atoms with Crippen molar-refractivity contribution in [3.05, 3.63) is 65.2 Å². The Balaban J connectivity index is 1.46. The van der Waals surface area contributed by atoms with E-state index in [9.17, 15) is 0 Å². The number of hydrogen-bond donors (Lipinski definition) is 2. The molecule has 32 heavy (non-hydrogen) atoms. The summed E-state index contributed by atoms with van der Waals surface area (Å²) in [4.78, 5) is 2.38. The van der Waals surface area contributed by atoms with Gasteiger partial charge >= 0.3 is 0 Å². The zero-order valence-corrected chi connectivity index (χ0v) is 19.5. The molecule has 3 aromatic carbocycles. The van der Waals surface area contributed by atoms with Crippen molar-refractivity contribution in [1.82, 2.24) is 4.90 Å². The maximum atomic E-state index is 6.11. The van der Waals surface area contributed by atoms with Crippen LogP contribution >= 0.6 is 0 Å². The van der Waals surface area contributed by atoms with Crippen LogP contribution in [0.15, 0.2) is 48.5 Å². The van der Waals surface area contributed by atoms with Crippen molar-refractivity contribution in [2.75, 3.05) is 45.0 Å². The van der Waals surface area contributed by atoms with E-state index in [1.807, 2.05) is 13.1 Å². The van der Waals surface area contributed by atoms with E-state index in [-0.39, 0.29) is 0 Å². The quantitative estimate of drug-likeness (QED) is 0.467. The number of likely N-dealkylation sites (tertiary alicyclic amines) is 1. The third kappa shape index (κ3) is 4.69. The molecular weight excluding hydrogens is 398 g/mol. The molecule has 5 nitrogen and oxygen atoms in total. The monoisotopic (exact) mass is 433 g/mol. The summed E-state index contributed by atoms with van der Waals surface area (Å²) in [5.41, 5.74) is 11.9. The van der Waals surface area contributed by atoms with Crippen molar-refractivity contribution in [3.63, 3.8) is 0 Å². The molecule has 0 spiro atoms. The first-order valence-corrected chi connectivity index (χ1v) is 11.6. The summed E-state index contributed by atoms with van der Waals surface area (Å²) in [6.07, 6.45) is 3.22. The van der Waals surface area contributed by atoms with Crippen LogP contribution in [0.2, 0.25) is 0 Å². The van der Waals surface area contributed by atoms with Gasteiger partial charge in [-0.3, -0.25) is 4.90 Å². The van der Waals surface area contributed by atoms with Gasteiger partial charge < -0.3 is 20.5 Å². The first-order valence-electron chi connectivity index (χ1n) is 11.6. The minimum absolute atomic E-state index is 0.547. The van der Waals surface area contributed by atoms with Gasteiger partial charge in [-0.2, -0.15) is 0 Å². The maximum Gasteiger partial charge on any atom is 0.144 e. The Kier molecular flexibility index (Phi) is 7.18. The number of anilines is 2. The molecule has 5 heteroatoms. The van der Waals surface area contributed by atoms with Crippen LogP contribution in [0.1, 0.15) is 42.4 Å². The number of ether oxygens (including phenoxy) is 2. The summed E-state index contributed by atoms with van der Waals surface area (Å²) in [5, 5.41) is 5.98. The third-order valence-electron chi connectivity index (χ3n) is 6.65. The van der Waals surface area contributed by atoms with Gasteiger partial charge in [0, 0.05) is 38.3 Å². The number of hydrogen-bond acceptors (Lipinski definition) is 5. The Morgan fingerprint density at radius 1 is 1.09 bits per heavy atom. The number of piperidine rings is 1. The Bertz CT molecular complexity index is 1060. The lowest BCUT2D eigenvalue weighted by molar-refractivity contribution is 0.100. The van der Waals surface area contributed by atoms with E-state index in [0.29, 0.717) is 24.9 Å². The van der Waals surface area contributed by atoms with Gasteiger partial charge in [-0.15, -0.1) is 0 Å². The summed E-state index contributed by atoms with van der Waals surface area (Å²) in [6.45, 7) is 5.39. The van der Waals surface area contributed by atoms with Crippen LogP contribution in [-0.4, -0.2) is 38.9 Å². The highest BCUT2D eigenvalue weighted by atomic mass is 16.5. The summed E-state index contributed by atoms with van der Waals surface area (Å²) in [5.74, 6) is 1.34. The van der Waals surface area contributed by atoms with E-state index < -0.39 is 0 Å². The van der Waals surface area contributed by atoms with Crippen LogP contribution in [0.4, 0.5) is 11.4 Å². The molecule has 0 saturated carbocycles. The van der Waals surface area contributed by atoms with Crippen molar-refractivity contribution < 1.29 is 9.47 Å². The van der Waals surface area contributed by atoms with Crippen molar-refractivity contribution in [1.29, 1.82) is 0 Å². The second-order valence-corrected chi connectivity index (χ2v) is 8.62. The molecule has 0 radical (unpaired) electrons. The van der Waals surface area contributed by atoms with E-state index in [4.69, 9.17) is 15.2 Å². The molecule has 0 aliphatic carbocycles. The molecule has 1 fully saturated rings. The van der Waals surface area contributed by atoms with Crippen LogP contribution in [0.3, 0.4) is 0 Å². The molecular formula is C27H35N3O2. The molecule has 0 unspecified atom stereocenters. The molecule has 1 aliphatic rings. The molecule has 3 aromatic rings. The number of benzene rings is 3. The standard InChI is InChI=1S/C27H35N3O2/c1-4-19-8-10-24(28)26(16-19)32-18-30-14-12-20(13-15-30)22-9-11-25(29-2)27-21(17-31-3)6-5-7-23(22)27/h5-11,16,20,29H,4,12-15,17-18,28H2,1-3H3. The third-order valence-corrected chi connectivity index (χ3v) is 6.65. The van der Waals surface area contributed by atoms with Crippen molar-refractivity contribution >= 4 is 22.1 Å². The van der Waals surface area contributed by atoms with E-state index in [0.717, 1.165) is 43.8 Å². The summed E-state index contributed by atoms with van der Waals surface area (Å²) < 4.78 is 11.5. The van der Waals surface area contributed by atoms with Gasteiger partial charge in [0.2, 0.25) is 0 Å². The zero-order valence-electron chi connectivity index (χ0n) is 19.5. The van der Waals surface area contributed by atoms with Crippen LogP contribution < -0.4 is 15.8 Å². The topological polar surface area (TPSA) is 59.8 Å². The van der Waals surface area contributed by atoms with Crippen molar-refractivity contribution in [2.45, 2.75) is 38.7 Å². The number of nitrogens with two attached hydrogens (primary N) is 1. The molecule has 0 bridgehead atoms. The molecule has 1 saturated heterocycles. The molecule has 0 amide bonds. The fraction of sp³-hybridized carbons (Fsp3) is 0.407. The number of nitrogen functional groups attached to an aromatic ring is 1. The number of nitrogens with zero attached hydrogens (tertiary/aromatic N) is 1. The summed E-state index contributed by atoms with van der Waals surface area (Å²) >= 11 is 0. The van der Waals surface area contributed by atoms with Gasteiger partial charge in [0.1, 0.15) is 12.5 Å². The smallest absolute Gasteiger partial charge is 0.144 e. The lowest BCUT2D eigenvalue weighted by atomic mass is 9.85. The van der Waals surface area contributed by atoms with E-state index in [1.165, 1.54) is 27.5 Å². The van der Waals surface area contributed by atoms with Gasteiger partial charge in [0.15, 0.2) is 0 Å². The minimum Gasteiger partial charge on any atom is -0.476 e. The van der Waals surface area contributed by atoms with Crippen LogP contribution in [0.25, 0.3) is 10.8 Å². The summed E-state index contributed by atoms with van der Waals surface area (Å²) in [7, 11) is 3.74. The van der Waals surface area contributed by atoms with Gasteiger partial charge in [-0.1, -0.05) is 37.3 Å². The highest BCUT2D eigenvalue weighted by Gasteiger charge is 2.23. The minimum atomic E-state index is 0.547. The molecule has 1 aliphatic heterocycles. The Morgan fingerprint density at radius 2 is 1.91 bits per heavy atom. The van der Waals surface area contributed by atoms with Gasteiger partial charge in [-0.05, 0) is 65.5 Å². The first-order chi connectivity index (χ1) is 15.6. The highest BCUT2D eigenvalue weighted by molar-refractivity contribution is 5.98. The van der Waals surface area contributed by atoms with Crippen LogP contribution in [0, 0.1) is 0 Å². The first kappa shape index (κ1) is 22.4. The highest BCUT2D eigenvalue weighted by Crippen LogP contribution is 2.37. The number of aryl methyl sites for hydroxylation is 1. The molecule has 4 rings (SSSR count). The lowest BCUT2D eigenvalue weighted by Crippen LogP contribution is -2.36. The zero-order chi connectivity index (χ0) is 22.5. The maximum absolute atomic E-state index is 6.11. The molecule has 0 atom stereocenters. The largest absolute Gasteiger partial charge is 0.476 e. The summed E-state index contributed by atoms with van der Waals surface area (Å²) in [6, 6.07) is 17.2. The van der Waals surface area contributed by atoms with E-state index in [2.05, 4.69) is 59.6 Å². The lowest BCUT2D eigenvalue weighted by Gasteiger charge is -2.32. The van der Waals surface area contributed by atoms with E-state index >= 15 is 0 Å². The average molecular weight is 434 g/mol. The number of methoxy groups -OCH3 is 1. The van der Waals surface area contributed by atoms with Crippen LogP contribution in [0.5, 0.6) is 5.75 Å². The second-order valence-electron chi connectivity index (χ2n) is 8.62. The number of nitrogens with one attached hydrogen (secondary N) is 1. The molecule has 3 N–H and O–H groups in total. The molecule has 170 valence electrons.